The summed E-state index contributed by atoms with van der Waals surface area (Å²) in [4.78, 5) is 11.3. The number of benzene rings is 1. The van der Waals surface area contributed by atoms with E-state index in [-0.39, 0.29) is 0 Å². The topological polar surface area (TPSA) is 42.2 Å². The van der Waals surface area contributed by atoms with Crippen LogP contribution in [-0.4, -0.2) is 15.6 Å². The van der Waals surface area contributed by atoms with E-state index >= 15 is 0 Å². The molecule has 3 nitrogen and oxygen atoms in total. The summed E-state index contributed by atoms with van der Waals surface area (Å²) in [5.74, 6) is -0.779. The van der Waals surface area contributed by atoms with Gasteiger partial charge in [-0.2, -0.15) is 0 Å². The van der Waals surface area contributed by atoms with Crippen LogP contribution in [0.1, 0.15) is 26.3 Å². The van der Waals surface area contributed by atoms with Gasteiger partial charge in [-0.05, 0) is 44.9 Å². The first-order chi connectivity index (χ1) is 8.85. The highest BCUT2D eigenvalue weighted by Crippen LogP contribution is 2.30. The van der Waals surface area contributed by atoms with Crippen LogP contribution in [0.2, 0.25) is 5.02 Å². The van der Waals surface area contributed by atoms with Crippen LogP contribution in [0.3, 0.4) is 0 Å². The number of carboxylic acid groups (broad SMARTS) is 1. The molecule has 0 unspecified atom stereocenters. The number of aliphatic carboxylic acids is 1. The summed E-state index contributed by atoms with van der Waals surface area (Å²) in [5.41, 5.74) is 1.35. The SMILES string of the molecule is CCn1cc(CC(C)(C)C(=O)O)c2ccc(Cl)cc21. The summed E-state index contributed by atoms with van der Waals surface area (Å²) >= 11 is 6.03. The molecule has 1 aromatic heterocycles. The maximum Gasteiger partial charge on any atom is 0.309 e. The summed E-state index contributed by atoms with van der Waals surface area (Å²) in [6.45, 7) is 6.40. The minimum Gasteiger partial charge on any atom is -0.481 e. The van der Waals surface area contributed by atoms with E-state index in [2.05, 4.69) is 11.5 Å². The Bertz CT molecular complexity index is 628. The number of fused-ring (bicyclic) bond motifs is 1. The maximum atomic E-state index is 11.3. The fourth-order valence-corrected chi connectivity index (χ4v) is 2.46. The summed E-state index contributed by atoms with van der Waals surface area (Å²) in [6.07, 6.45) is 2.54. The Kier molecular flexibility index (Phi) is 3.59. The van der Waals surface area contributed by atoms with Crippen LogP contribution >= 0.6 is 11.6 Å². The van der Waals surface area contributed by atoms with Gasteiger partial charge in [0.25, 0.3) is 0 Å². The van der Waals surface area contributed by atoms with E-state index in [1.165, 1.54) is 0 Å². The lowest BCUT2D eigenvalue weighted by Gasteiger charge is -2.18. The highest BCUT2D eigenvalue weighted by molar-refractivity contribution is 6.31. The molecule has 0 amide bonds. The average Bonchev–Trinajstić information content (AvgIpc) is 2.66. The molecule has 1 heterocycles. The Morgan fingerprint density at radius 2 is 2.11 bits per heavy atom. The van der Waals surface area contributed by atoms with Gasteiger partial charge >= 0.3 is 5.97 Å². The number of carboxylic acids is 1. The van der Waals surface area contributed by atoms with E-state index in [1.54, 1.807) is 13.8 Å². The molecule has 0 spiro atoms. The predicted octanol–water partition coefficient (Wildman–Crippen LogP) is 3.97. The smallest absolute Gasteiger partial charge is 0.309 e. The van der Waals surface area contributed by atoms with Crippen LogP contribution in [0, 0.1) is 5.41 Å². The Morgan fingerprint density at radius 1 is 1.42 bits per heavy atom. The molecule has 1 aromatic carbocycles. The second-order valence-electron chi connectivity index (χ2n) is 5.47. The number of hydrogen-bond acceptors (Lipinski definition) is 1. The molecule has 4 heteroatoms. The van der Waals surface area contributed by atoms with Gasteiger partial charge in [0.2, 0.25) is 0 Å². The van der Waals surface area contributed by atoms with Crippen LogP contribution in [0.15, 0.2) is 24.4 Å². The van der Waals surface area contributed by atoms with E-state index in [4.69, 9.17) is 11.6 Å². The van der Waals surface area contributed by atoms with Crippen molar-refractivity contribution in [3.8, 4) is 0 Å². The standard InChI is InChI=1S/C15H18ClNO2/c1-4-17-9-10(8-15(2,3)14(18)19)12-6-5-11(16)7-13(12)17/h5-7,9H,4,8H2,1-3H3,(H,18,19). The molecule has 102 valence electrons. The number of rotatable bonds is 4. The van der Waals surface area contributed by atoms with Crippen molar-refractivity contribution in [1.82, 2.24) is 4.57 Å². The predicted molar refractivity (Wildman–Crippen MR) is 77.7 cm³/mol. The molecule has 0 saturated heterocycles. The molecule has 0 aliphatic carbocycles. The van der Waals surface area contributed by atoms with Gasteiger partial charge in [-0.15, -0.1) is 0 Å². The molecule has 0 radical (unpaired) electrons. The zero-order chi connectivity index (χ0) is 14.2. The quantitative estimate of drug-likeness (QED) is 0.920. The maximum absolute atomic E-state index is 11.3. The summed E-state index contributed by atoms with van der Waals surface area (Å²) < 4.78 is 2.11. The van der Waals surface area contributed by atoms with Crippen molar-refractivity contribution in [2.45, 2.75) is 33.7 Å². The highest BCUT2D eigenvalue weighted by Gasteiger charge is 2.28. The van der Waals surface area contributed by atoms with Gasteiger partial charge < -0.3 is 9.67 Å². The third-order valence-electron chi connectivity index (χ3n) is 3.48. The van der Waals surface area contributed by atoms with Crippen LogP contribution in [0.25, 0.3) is 10.9 Å². The molecule has 0 bridgehead atoms. The number of aromatic nitrogens is 1. The number of halogens is 1. The lowest BCUT2D eigenvalue weighted by atomic mass is 9.86. The molecule has 2 rings (SSSR count). The van der Waals surface area contributed by atoms with E-state index in [1.807, 2.05) is 24.4 Å². The van der Waals surface area contributed by atoms with E-state index in [9.17, 15) is 9.90 Å². The lowest BCUT2D eigenvalue weighted by Crippen LogP contribution is -2.26. The van der Waals surface area contributed by atoms with Gasteiger partial charge in [-0.3, -0.25) is 4.79 Å². The van der Waals surface area contributed by atoms with Crippen LogP contribution in [0.4, 0.5) is 0 Å². The first kappa shape index (κ1) is 13.9. The Morgan fingerprint density at radius 3 is 2.68 bits per heavy atom. The number of aryl methyl sites for hydroxylation is 1. The number of hydrogen-bond donors (Lipinski definition) is 1. The van der Waals surface area contributed by atoms with Crippen LogP contribution < -0.4 is 0 Å². The fraction of sp³-hybridized carbons (Fsp3) is 0.400. The third-order valence-corrected chi connectivity index (χ3v) is 3.71. The van der Waals surface area contributed by atoms with Gasteiger partial charge in [0, 0.05) is 28.7 Å². The Hall–Kier alpha value is -1.48. The molecule has 0 atom stereocenters. The summed E-state index contributed by atoms with van der Waals surface area (Å²) in [7, 11) is 0. The normalized spacial score (nSPS) is 12.0. The van der Waals surface area contributed by atoms with E-state index in [0.717, 1.165) is 23.0 Å². The molecule has 1 N–H and O–H groups in total. The van der Waals surface area contributed by atoms with Crippen molar-refractivity contribution >= 4 is 28.5 Å². The first-order valence-corrected chi connectivity index (χ1v) is 6.73. The average molecular weight is 280 g/mol. The second kappa shape index (κ2) is 4.89. The monoisotopic (exact) mass is 279 g/mol. The molecule has 0 fully saturated rings. The Labute approximate surface area is 117 Å². The highest BCUT2D eigenvalue weighted by atomic mass is 35.5. The largest absolute Gasteiger partial charge is 0.481 e. The van der Waals surface area contributed by atoms with Gasteiger partial charge in [0.1, 0.15) is 0 Å². The molecule has 2 aromatic rings. The number of nitrogens with zero attached hydrogens (tertiary/aromatic N) is 1. The second-order valence-corrected chi connectivity index (χ2v) is 5.90. The molecule has 0 aliphatic heterocycles. The molecule has 0 saturated carbocycles. The van der Waals surface area contributed by atoms with Crippen molar-refractivity contribution in [1.29, 1.82) is 0 Å². The van der Waals surface area contributed by atoms with E-state index in [0.29, 0.717) is 11.4 Å². The van der Waals surface area contributed by atoms with Crippen molar-refractivity contribution in [2.75, 3.05) is 0 Å². The summed E-state index contributed by atoms with van der Waals surface area (Å²) in [6, 6.07) is 5.75. The fourth-order valence-electron chi connectivity index (χ4n) is 2.30. The van der Waals surface area contributed by atoms with Crippen molar-refractivity contribution < 1.29 is 9.90 Å². The minimum atomic E-state index is -0.779. The Balaban J connectivity index is 2.53. The minimum absolute atomic E-state index is 0.507. The van der Waals surface area contributed by atoms with Gasteiger partial charge in [0.05, 0.1) is 5.41 Å². The van der Waals surface area contributed by atoms with Crippen molar-refractivity contribution in [3.05, 3.63) is 35.0 Å². The van der Waals surface area contributed by atoms with Crippen LogP contribution in [-0.2, 0) is 17.8 Å². The zero-order valence-corrected chi connectivity index (χ0v) is 12.2. The zero-order valence-electron chi connectivity index (χ0n) is 11.4. The first-order valence-electron chi connectivity index (χ1n) is 6.36. The van der Waals surface area contributed by atoms with Gasteiger partial charge in [-0.1, -0.05) is 17.7 Å². The molecule has 0 aliphatic rings. The summed E-state index contributed by atoms with van der Waals surface area (Å²) in [5, 5.41) is 11.0. The third kappa shape index (κ3) is 2.61. The van der Waals surface area contributed by atoms with Gasteiger partial charge in [0.15, 0.2) is 0 Å². The lowest BCUT2D eigenvalue weighted by molar-refractivity contribution is -0.146. The van der Waals surface area contributed by atoms with E-state index < -0.39 is 11.4 Å². The van der Waals surface area contributed by atoms with Gasteiger partial charge in [-0.25, -0.2) is 0 Å². The molecular weight excluding hydrogens is 262 g/mol. The number of carbonyl (C=O) groups is 1. The van der Waals surface area contributed by atoms with Crippen LogP contribution in [0.5, 0.6) is 0 Å². The molecule has 19 heavy (non-hydrogen) atoms. The van der Waals surface area contributed by atoms with Crippen molar-refractivity contribution in [3.63, 3.8) is 0 Å². The van der Waals surface area contributed by atoms with Crippen molar-refractivity contribution in [2.24, 2.45) is 5.41 Å². The molecular formula is C15H18ClNO2.